The molecule has 0 N–H and O–H groups in total. The fraction of sp³-hybridized carbons (Fsp3) is 0.211. The van der Waals surface area contributed by atoms with E-state index in [1.807, 2.05) is 0 Å². The van der Waals surface area contributed by atoms with Crippen molar-refractivity contribution in [2.45, 2.75) is 105 Å². The van der Waals surface area contributed by atoms with E-state index in [-0.39, 0.29) is 21.7 Å². The van der Waals surface area contributed by atoms with E-state index in [1.165, 1.54) is 147 Å². The van der Waals surface area contributed by atoms with Crippen molar-refractivity contribution in [3.05, 3.63) is 210 Å². The summed E-state index contributed by atoms with van der Waals surface area (Å²) in [5, 5.41) is 23.8. The first kappa shape index (κ1) is 47.5. The fourth-order valence-electron chi connectivity index (χ4n) is 13.5. The molecule has 0 amide bonds. The summed E-state index contributed by atoms with van der Waals surface area (Å²) >= 11 is 0. The van der Waals surface area contributed by atoms with Crippen LogP contribution in [0.1, 0.15) is 105 Å². The van der Waals surface area contributed by atoms with Gasteiger partial charge in [-0.05, 0) is 188 Å². The van der Waals surface area contributed by atoms with Gasteiger partial charge < -0.3 is 4.90 Å². The van der Waals surface area contributed by atoms with Crippen LogP contribution in [-0.2, 0) is 21.7 Å². The monoisotopic (exact) mass is 994 g/mol. The third-order valence-electron chi connectivity index (χ3n) is 17.5. The number of fused-ring (bicyclic) bond motifs is 8. The van der Waals surface area contributed by atoms with Gasteiger partial charge in [0, 0.05) is 16.8 Å². The van der Waals surface area contributed by atoms with Gasteiger partial charge in [-0.25, -0.2) is 0 Å². The van der Waals surface area contributed by atoms with Gasteiger partial charge in [0.2, 0.25) is 0 Å². The molecule has 0 atom stereocenters. The highest BCUT2D eigenvalue weighted by molar-refractivity contribution is 6.49. The minimum absolute atomic E-state index is 0.0112. The number of nitrogens with zero attached hydrogens (tertiary/aromatic N) is 1. The van der Waals surface area contributed by atoms with E-state index in [1.54, 1.807) is 0 Å². The van der Waals surface area contributed by atoms with Crippen molar-refractivity contribution in [3.63, 3.8) is 0 Å². The molecule has 14 aromatic carbocycles. The number of hydrogen-bond acceptors (Lipinski definition) is 1. The lowest BCUT2D eigenvalue weighted by Crippen LogP contribution is -2.14. The van der Waals surface area contributed by atoms with Crippen LogP contribution < -0.4 is 4.90 Å². The van der Waals surface area contributed by atoms with Crippen molar-refractivity contribution in [3.8, 4) is 22.3 Å². The van der Waals surface area contributed by atoms with Gasteiger partial charge in [0.1, 0.15) is 0 Å². The molecule has 0 spiro atoms. The summed E-state index contributed by atoms with van der Waals surface area (Å²) in [6, 6.07) is 73.4. The first-order valence-electron chi connectivity index (χ1n) is 27.9. The molecule has 77 heavy (non-hydrogen) atoms. The van der Waals surface area contributed by atoms with Crippen LogP contribution in [0, 0.1) is 0 Å². The molecule has 1 heteroatoms. The molecule has 14 aromatic rings. The molecule has 0 radical (unpaired) electrons. The zero-order valence-electron chi connectivity index (χ0n) is 46.8. The van der Waals surface area contributed by atoms with Crippen molar-refractivity contribution in [1.29, 1.82) is 0 Å². The normalized spacial score (nSPS) is 13.2. The summed E-state index contributed by atoms with van der Waals surface area (Å²) in [5.74, 6) is 0. The van der Waals surface area contributed by atoms with Crippen molar-refractivity contribution >= 4 is 114 Å². The van der Waals surface area contributed by atoms with E-state index in [4.69, 9.17) is 0 Å². The van der Waals surface area contributed by atoms with Gasteiger partial charge in [0.25, 0.3) is 0 Å². The smallest absolute Gasteiger partial charge is 0.0540 e. The van der Waals surface area contributed by atoms with E-state index < -0.39 is 0 Å². The molecule has 0 heterocycles. The highest BCUT2D eigenvalue weighted by atomic mass is 15.1. The average Bonchev–Trinajstić information content (AvgIpc) is 3.77. The van der Waals surface area contributed by atoms with Gasteiger partial charge in [0.15, 0.2) is 0 Å². The molecule has 1 nitrogen and oxygen atoms in total. The quantitative estimate of drug-likeness (QED) is 0.123. The molecule has 376 valence electrons. The van der Waals surface area contributed by atoms with Crippen LogP contribution >= 0.6 is 0 Å². The van der Waals surface area contributed by atoms with Crippen molar-refractivity contribution in [1.82, 2.24) is 0 Å². The Bertz CT molecular complexity index is 4390. The minimum atomic E-state index is 0.0112. The van der Waals surface area contributed by atoms with E-state index in [0.717, 1.165) is 11.4 Å². The summed E-state index contributed by atoms with van der Waals surface area (Å²) in [6.07, 6.45) is 0. The molecule has 14 rings (SSSR count). The predicted octanol–water partition coefficient (Wildman–Crippen LogP) is 22.4. The maximum absolute atomic E-state index is 2.50. The number of benzene rings is 12. The predicted molar refractivity (Wildman–Crippen MR) is 338 cm³/mol. The number of anilines is 3. The van der Waals surface area contributed by atoms with Gasteiger partial charge in [-0.15, -0.1) is 0 Å². The van der Waals surface area contributed by atoms with Crippen LogP contribution in [0.25, 0.3) is 119 Å². The van der Waals surface area contributed by atoms with Gasteiger partial charge in [0.05, 0.1) is 5.69 Å². The van der Waals surface area contributed by atoms with E-state index in [9.17, 15) is 0 Å². The maximum Gasteiger partial charge on any atom is 0.0540 e. The topological polar surface area (TPSA) is 3.24 Å². The zero-order valence-corrected chi connectivity index (χ0v) is 46.8. The van der Waals surface area contributed by atoms with Gasteiger partial charge in [-0.1, -0.05) is 241 Å². The Hall–Kier alpha value is -8.00. The lowest BCUT2D eigenvalue weighted by molar-refractivity contribution is 0.590. The number of rotatable bonds is 5. The molecule has 0 aliphatic heterocycles. The lowest BCUT2D eigenvalue weighted by atomic mass is 9.83. The van der Waals surface area contributed by atoms with Crippen LogP contribution in [0.5, 0.6) is 0 Å². The SMILES string of the molecule is CC(C)(C)c1ccc(-c2c3c4cccc5c(N(c6ccc(C(C)(C)C)cc6)c6ccc(C(C)(C)C)cc6)ccc(c3c(-c3ccc(C(C)(C)C)cc3)c3c6ccc7c8cccc9cccc(c%10ccc(c23)c6c%107)c98)c54)cc1. The molecule has 0 saturated heterocycles. The molecule has 0 unspecified atom stereocenters. The second-order valence-electron chi connectivity index (χ2n) is 26.5. The Kier molecular flexibility index (Phi) is 10.0. The van der Waals surface area contributed by atoms with E-state index in [2.05, 4.69) is 276 Å². The molecular weight excluding hydrogens is 927 g/mol. The lowest BCUT2D eigenvalue weighted by Gasteiger charge is -2.29. The Balaban J connectivity index is 1.16. The minimum Gasteiger partial charge on any atom is -0.310 e. The van der Waals surface area contributed by atoms with Crippen LogP contribution in [0.3, 0.4) is 0 Å². The Morgan fingerprint density at radius 3 is 0.948 bits per heavy atom. The van der Waals surface area contributed by atoms with Crippen LogP contribution in [0.2, 0.25) is 0 Å². The summed E-state index contributed by atoms with van der Waals surface area (Å²) in [6.45, 7) is 27.7. The molecule has 0 saturated carbocycles. The Morgan fingerprint density at radius 2 is 0.532 bits per heavy atom. The first-order valence-corrected chi connectivity index (χ1v) is 27.9. The maximum atomic E-state index is 2.50. The van der Waals surface area contributed by atoms with Gasteiger partial charge >= 0.3 is 0 Å². The van der Waals surface area contributed by atoms with Crippen molar-refractivity contribution in [2.24, 2.45) is 0 Å². The summed E-state index contributed by atoms with van der Waals surface area (Å²) < 4.78 is 0. The molecular formula is C76H67N. The molecule has 0 aromatic heterocycles. The molecule has 0 aliphatic rings. The van der Waals surface area contributed by atoms with Crippen molar-refractivity contribution < 1.29 is 0 Å². The fourth-order valence-corrected chi connectivity index (χ4v) is 13.5. The van der Waals surface area contributed by atoms with E-state index in [0.29, 0.717) is 0 Å². The van der Waals surface area contributed by atoms with Crippen LogP contribution in [0.4, 0.5) is 17.1 Å². The summed E-state index contributed by atoms with van der Waals surface area (Å²) in [7, 11) is 0. The summed E-state index contributed by atoms with van der Waals surface area (Å²) in [4.78, 5) is 2.50. The Labute approximate surface area is 453 Å². The number of hydrogen-bond donors (Lipinski definition) is 0. The molecule has 0 aliphatic carbocycles. The summed E-state index contributed by atoms with van der Waals surface area (Å²) in [5.41, 5.74) is 14.0. The third kappa shape index (κ3) is 7.05. The molecule has 0 fully saturated rings. The van der Waals surface area contributed by atoms with E-state index >= 15 is 0 Å². The zero-order chi connectivity index (χ0) is 53.2. The second-order valence-corrected chi connectivity index (χ2v) is 26.5. The van der Waals surface area contributed by atoms with Gasteiger partial charge in [-0.2, -0.15) is 0 Å². The highest BCUT2D eigenvalue weighted by Crippen LogP contribution is 2.58. The van der Waals surface area contributed by atoms with Crippen LogP contribution in [0.15, 0.2) is 188 Å². The van der Waals surface area contributed by atoms with Crippen molar-refractivity contribution in [2.75, 3.05) is 4.90 Å². The standard InChI is InChI=1S/C76H67N/c1-73(2,3)47-26-22-45(23-27-47)64-69-58-21-15-20-57-62(77(51-34-30-49(31-35-51)75(7,8)9)52-36-32-50(33-37-52)76(10,11)12)43-42-59(66(57)58)70(69)65(46-24-28-48(29-25-46)74(4,5)6)72-61-41-39-56-54-19-14-17-44-16-13-18-53(63(44)54)55-38-40-60(71(64)72)68(61)67(55)56/h13-43H,1-12H3. The molecule has 0 bridgehead atoms. The second kappa shape index (κ2) is 16.3. The third-order valence-corrected chi connectivity index (χ3v) is 17.5. The highest BCUT2D eigenvalue weighted by Gasteiger charge is 2.31. The largest absolute Gasteiger partial charge is 0.310 e. The van der Waals surface area contributed by atoms with Crippen LogP contribution in [-0.4, -0.2) is 0 Å². The average molecular weight is 994 g/mol. The van der Waals surface area contributed by atoms with Gasteiger partial charge in [-0.3, -0.25) is 0 Å². The Morgan fingerprint density at radius 1 is 0.234 bits per heavy atom. The first-order chi connectivity index (χ1) is 36.8.